The first-order chi connectivity index (χ1) is 16.6. The van der Waals surface area contributed by atoms with Crippen LogP contribution in [0.4, 0.5) is 13.6 Å². The van der Waals surface area contributed by atoms with E-state index in [1.807, 2.05) is 24.5 Å². The molecule has 8 heteroatoms. The molecule has 2 heterocycles. The van der Waals surface area contributed by atoms with Gasteiger partial charge in [0.15, 0.2) is 17.4 Å². The van der Waals surface area contributed by atoms with Crippen LogP contribution in [0.2, 0.25) is 0 Å². The zero-order valence-electron chi connectivity index (χ0n) is 19.7. The number of nitrogens with zero attached hydrogens (tertiary/aromatic N) is 2. The fraction of sp³-hybridized carbons (Fsp3) is 0.296. The van der Waals surface area contributed by atoms with Gasteiger partial charge in [-0.1, -0.05) is 12.1 Å². The second-order valence-electron chi connectivity index (χ2n) is 9.43. The highest BCUT2D eigenvalue weighted by Crippen LogP contribution is 2.31. The number of aryl methyl sites for hydroxylation is 3. The van der Waals surface area contributed by atoms with E-state index in [0.717, 1.165) is 53.4 Å². The topological polar surface area (TPSA) is 71.4 Å². The molecule has 0 bridgehead atoms. The van der Waals surface area contributed by atoms with Gasteiger partial charge in [0.05, 0.1) is 6.54 Å². The molecule has 1 N–H and O–H groups in total. The minimum absolute atomic E-state index is 0.0967. The smallest absolute Gasteiger partial charge is 0.319 e. The zero-order chi connectivity index (χ0) is 25.1. The molecule has 5 rings (SSSR count). The van der Waals surface area contributed by atoms with Crippen LogP contribution in [0.3, 0.4) is 0 Å². The Balaban J connectivity index is 1.41. The third-order valence-electron chi connectivity index (χ3n) is 7.15. The molecule has 1 atom stereocenters. The standard InChI is InChI=1S/C27H25F2N3O3/c1-15-11-21(16(2)32(15)20-9-7-17-5-4-6-18(17)12-20)24(33)14-31-25(34)27(3,30-26(31)35)19-8-10-22(28)23(29)13-19/h7-13H,4-6,14H2,1-3H3,(H,30,35). The van der Waals surface area contributed by atoms with Crippen molar-refractivity contribution in [1.82, 2.24) is 14.8 Å². The van der Waals surface area contributed by atoms with Crippen molar-refractivity contribution >= 4 is 17.7 Å². The largest absolute Gasteiger partial charge is 0.325 e. The van der Waals surface area contributed by atoms with Crippen LogP contribution >= 0.6 is 0 Å². The SMILES string of the molecule is Cc1cc(C(=O)CN2C(=O)NC(C)(c3ccc(F)c(F)c3)C2=O)c(C)n1-c1ccc2c(c1)CCC2. The van der Waals surface area contributed by atoms with Gasteiger partial charge in [-0.2, -0.15) is 0 Å². The van der Waals surface area contributed by atoms with Crippen LogP contribution < -0.4 is 5.32 Å². The molecule has 3 aromatic rings. The number of benzene rings is 2. The first-order valence-corrected chi connectivity index (χ1v) is 11.5. The van der Waals surface area contributed by atoms with Crippen LogP contribution in [0.25, 0.3) is 5.69 Å². The number of aromatic nitrogens is 1. The van der Waals surface area contributed by atoms with Gasteiger partial charge >= 0.3 is 6.03 Å². The molecular weight excluding hydrogens is 452 g/mol. The van der Waals surface area contributed by atoms with Gasteiger partial charge in [0.1, 0.15) is 5.54 Å². The Hall–Kier alpha value is -3.81. The predicted octanol–water partition coefficient (Wildman–Crippen LogP) is 4.51. The van der Waals surface area contributed by atoms with Gasteiger partial charge in [-0.25, -0.2) is 13.6 Å². The van der Waals surface area contributed by atoms with Crippen LogP contribution in [0.5, 0.6) is 0 Å². The van der Waals surface area contributed by atoms with Gasteiger partial charge in [-0.05, 0) is 87.1 Å². The molecule has 35 heavy (non-hydrogen) atoms. The number of ketones is 1. The van der Waals surface area contributed by atoms with Crippen molar-refractivity contribution in [1.29, 1.82) is 0 Å². The normalized spacial score (nSPS) is 19.3. The average Bonchev–Trinajstić information content (AvgIpc) is 3.46. The maximum atomic E-state index is 13.8. The van der Waals surface area contributed by atoms with Gasteiger partial charge in [0.2, 0.25) is 0 Å². The summed E-state index contributed by atoms with van der Waals surface area (Å²) in [7, 11) is 0. The molecule has 1 unspecified atom stereocenters. The molecule has 0 spiro atoms. The van der Waals surface area contributed by atoms with Gasteiger partial charge in [-0.15, -0.1) is 0 Å². The summed E-state index contributed by atoms with van der Waals surface area (Å²) < 4.78 is 29.2. The maximum absolute atomic E-state index is 13.8. The molecule has 2 aromatic carbocycles. The summed E-state index contributed by atoms with van der Waals surface area (Å²) in [6.07, 6.45) is 3.26. The van der Waals surface area contributed by atoms with Crippen molar-refractivity contribution in [3.05, 3.63) is 87.7 Å². The van der Waals surface area contributed by atoms with Crippen LogP contribution in [-0.2, 0) is 23.2 Å². The molecule has 6 nitrogen and oxygen atoms in total. The van der Waals surface area contributed by atoms with Gasteiger partial charge in [0, 0.05) is 22.6 Å². The fourth-order valence-corrected chi connectivity index (χ4v) is 5.21. The Bertz CT molecular complexity index is 1410. The highest BCUT2D eigenvalue weighted by atomic mass is 19.2. The molecule has 1 aliphatic heterocycles. The summed E-state index contributed by atoms with van der Waals surface area (Å²) in [5.74, 6) is -3.27. The van der Waals surface area contributed by atoms with Crippen molar-refractivity contribution in [2.45, 2.75) is 45.6 Å². The van der Waals surface area contributed by atoms with E-state index in [-0.39, 0.29) is 11.3 Å². The summed E-state index contributed by atoms with van der Waals surface area (Å²) in [6.45, 7) is 4.69. The first-order valence-electron chi connectivity index (χ1n) is 11.5. The summed E-state index contributed by atoms with van der Waals surface area (Å²) >= 11 is 0. The number of amides is 3. The summed E-state index contributed by atoms with van der Waals surface area (Å²) in [4.78, 5) is 39.9. The highest BCUT2D eigenvalue weighted by molar-refractivity contribution is 6.11. The lowest BCUT2D eigenvalue weighted by atomic mass is 9.92. The van der Waals surface area contributed by atoms with E-state index in [1.165, 1.54) is 24.1 Å². The minimum atomic E-state index is -1.60. The van der Waals surface area contributed by atoms with Crippen molar-refractivity contribution in [3.8, 4) is 5.69 Å². The Morgan fingerprint density at radius 2 is 1.74 bits per heavy atom. The monoisotopic (exact) mass is 477 g/mol. The molecular formula is C27H25F2N3O3. The van der Waals surface area contributed by atoms with Crippen LogP contribution in [0.1, 0.15) is 51.8 Å². The average molecular weight is 478 g/mol. The summed E-state index contributed by atoms with van der Waals surface area (Å²) in [6, 6.07) is 10.3. The fourth-order valence-electron chi connectivity index (χ4n) is 5.21. The Kier molecular flexibility index (Phi) is 5.34. The number of hydrogen-bond donors (Lipinski definition) is 1. The number of carbonyl (C=O) groups excluding carboxylic acids is 3. The number of fused-ring (bicyclic) bond motifs is 1. The van der Waals surface area contributed by atoms with Gasteiger partial charge in [-0.3, -0.25) is 14.5 Å². The Morgan fingerprint density at radius 3 is 2.49 bits per heavy atom. The molecule has 1 fully saturated rings. The minimum Gasteiger partial charge on any atom is -0.319 e. The Labute approximate surface area is 201 Å². The third-order valence-corrected chi connectivity index (χ3v) is 7.15. The van der Waals surface area contributed by atoms with E-state index >= 15 is 0 Å². The van der Waals surface area contributed by atoms with E-state index in [2.05, 4.69) is 17.4 Å². The lowest BCUT2D eigenvalue weighted by Gasteiger charge is -2.22. The number of imide groups is 1. The first kappa shape index (κ1) is 23.0. The second-order valence-corrected chi connectivity index (χ2v) is 9.43. The van der Waals surface area contributed by atoms with Crippen molar-refractivity contribution < 1.29 is 23.2 Å². The number of halogens is 2. The van der Waals surface area contributed by atoms with Crippen LogP contribution in [0, 0.1) is 25.5 Å². The van der Waals surface area contributed by atoms with Gasteiger partial charge < -0.3 is 9.88 Å². The van der Waals surface area contributed by atoms with E-state index < -0.39 is 35.7 Å². The number of carbonyl (C=O) groups is 3. The van der Waals surface area contributed by atoms with Crippen molar-refractivity contribution in [2.75, 3.05) is 6.54 Å². The van der Waals surface area contributed by atoms with E-state index in [0.29, 0.717) is 5.56 Å². The molecule has 1 saturated heterocycles. The van der Waals surface area contributed by atoms with Gasteiger partial charge in [0.25, 0.3) is 5.91 Å². The molecule has 0 radical (unpaired) electrons. The maximum Gasteiger partial charge on any atom is 0.325 e. The summed E-state index contributed by atoms with van der Waals surface area (Å²) in [5, 5.41) is 2.52. The van der Waals surface area contributed by atoms with Crippen molar-refractivity contribution in [3.63, 3.8) is 0 Å². The zero-order valence-corrected chi connectivity index (χ0v) is 19.7. The predicted molar refractivity (Wildman–Crippen MR) is 126 cm³/mol. The van der Waals surface area contributed by atoms with Crippen molar-refractivity contribution in [2.24, 2.45) is 0 Å². The summed E-state index contributed by atoms with van der Waals surface area (Å²) in [5.41, 5.74) is 4.15. The number of urea groups is 1. The number of rotatable bonds is 5. The molecule has 1 aliphatic carbocycles. The number of hydrogen-bond acceptors (Lipinski definition) is 3. The van der Waals surface area contributed by atoms with Crippen LogP contribution in [-0.4, -0.2) is 33.7 Å². The quantitative estimate of drug-likeness (QED) is 0.434. The van der Waals surface area contributed by atoms with E-state index in [1.54, 1.807) is 6.07 Å². The molecule has 0 saturated carbocycles. The lowest BCUT2D eigenvalue weighted by molar-refractivity contribution is -0.130. The van der Waals surface area contributed by atoms with Crippen LogP contribution in [0.15, 0.2) is 42.5 Å². The highest BCUT2D eigenvalue weighted by Gasteiger charge is 2.49. The molecule has 1 aromatic heterocycles. The number of nitrogens with one attached hydrogen (secondary N) is 1. The van der Waals surface area contributed by atoms with E-state index in [4.69, 9.17) is 0 Å². The Morgan fingerprint density at radius 1 is 1.00 bits per heavy atom. The third kappa shape index (κ3) is 3.64. The lowest BCUT2D eigenvalue weighted by Crippen LogP contribution is -2.41. The molecule has 180 valence electrons. The number of Topliss-reactive ketones (excluding diaryl/α,β-unsaturated/α-hetero) is 1. The second kappa shape index (κ2) is 8.15. The van der Waals surface area contributed by atoms with E-state index in [9.17, 15) is 23.2 Å². The molecule has 2 aliphatic rings. The molecule has 3 amide bonds.